The van der Waals surface area contributed by atoms with E-state index in [-0.39, 0.29) is 5.82 Å². The van der Waals surface area contributed by atoms with E-state index in [1.54, 1.807) is 23.5 Å². The Labute approximate surface area is 121 Å². The number of rotatable bonds is 6. The minimum Gasteiger partial charge on any atom is -0.373 e. The van der Waals surface area contributed by atoms with Gasteiger partial charge < -0.3 is 10.2 Å². The van der Waals surface area contributed by atoms with E-state index >= 15 is 0 Å². The van der Waals surface area contributed by atoms with Crippen molar-refractivity contribution in [2.24, 2.45) is 0 Å². The maximum Gasteiger partial charge on any atom is 0.123 e. The minimum atomic E-state index is -0.204. The van der Waals surface area contributed by atoms with Crippen LogP contribution in [0.15, 0.2) is 36.4 Å². The normalized spacial score (nSPS) is 10.7. The molecule has 0 spiro atoms. The first-order chi connectivity index (χ1) is 9.15. The molecule has 19 heavy (non-hydrogen) atoms. The van der Waals surface area contributed by atoms with Crippen molar-refractivity contribution in [1.82, 2.24) is 5.32 Å². The Hall–Kier alpha value is -1.10. The van der Waals surface area contributed by atoms with Crippen LogP contribution in [0.3, 0.4) is 0 Å². The number of halogens is 2. The van der Waals surface area contributed by atoms with E-state index in [9.17, 15) is 4.39 Å². The molecule has 1 N–H and O–H groups in total. The van der Waals surface area contributed by atoms with Gasteiger partial charge in [0, 0.05) is 37.2 Å². The quantitative estimate of drug-likeness (QED) is 0.817. The molecular formula is C14H16ClFN2S. The highest BCUT2D eigenvalue weighted by Gasteiger charge is 2.01. The highest BCUT2D eigenvalue weighted by molar-refractivity contribution is 7.16. The Kier molecular flexibility index (Phi) is 5.19. The van der Waals surface area contributed by atoms with Crippen molar-refractivity contribution in [2.45, 2.75) is 6.54 Å². The zero-order chi connectivity index (χ0) is 13.7. The molecule has 1 aromatic heterocycles. The molecule has 0 atom stereocenters. The van der Waals surface area contributed by atoms with Gasteiger partial charge in [0.25, 0.3) is 0 Å². The molecule has 0 aliphatic heterocycles. The average Bonchev–Trinajstić information content (AvgIpc) is 2.81. The molecule has 1 heterocycles. The van der Waals surface area contributed by atoms with Gasteiger partial charge in [-0.2, -0.15) is 0 Å². The van der Waals surface area contributed by atoms with Gasteiger partial charge in [-0.15, -0.1) is 11.3 Å². The molecule has 0 radical (unpaired) electrons. The van der Waals surface area contributed by atoms with Gasteiger partial charge in [0.2, 0.25) is 0 Å². The summed E-state index contributed by atoms with van der Waals surface area (Å²) < 4.78 is 13.6. The van der Waals surface area contributed by atoms with Gasteiger partial charge >= 0.3 is 0 Å². The van der Waals surface area contributed by atoms with Gasteiger partial charge in [-0.05, 0) is 36.4 Å². The number of anilines is 1. The average molecular weight is 299 g/mol. The maximum absolute atomic E-state index is 12.8. The lowest BCUT2D eigenvalue weighted by atomic mass is 10.3. The second-order valence-corrected chi connectivity index (χ2v) is 6.08. The van der Waals surface area contributed by atoms with Crippen molar-refractivity contribution in [2.75, 3.05) is 25.0 Å². The van der Waals surface area contributed by atoms with Crippen molar-refractivity contribution in [3.63, 3.8) is 0 Å². The van der Waals surface area contributed by atoms with Crippen molar-refractivity contribution in [1.29, 1.82) is 0 Å². The summed E-state index contributed by atoms with van der Waals surface area (Å²) in [5.41, 5.74) is 1.02. The molecule has 0 saturated heterocycles. The van der Waals surface area contributed by atoms with Crippen LogP contribution in [0.5, 0.6) is 0 Å². The van der Waals surface area contributed by atoms with E-state index in [2.05, 4.69) is 10.2 Å². The molecular weight excluding hydrogens is 283 g/mol. The van der Waals surface area contributed by atoms with Crippen molar-refractivity contribution >= 4 is 28.6 Å². The Bertz CT molecular complexity index is 512. The van der Waals surface area contributed by atoms with E-state index in [4.69, 9.17) is 11.6 Å². The summed E-state index contributed by atoms with van der Waals surface area (Å²) in [6.45, 7) is 2.56. The number of hydrogen-bond donors (Lipinski definition) is 1. The first kappa shape index (κ1) is 14.3. The monoisotopic (exact) mass is 298 g/mol. The molecule has 2 rings (SSSR count). The van der Waals surface area contributed by atoms with Crippen LogP contribution >= 0.6 is 22.9 Å². The van der Waals surface area contributed by atoms with Crippen LogP contribution in [0.2, 0.25) is 4.34 Å². The number of likely N-dealkylation sites (N-methyl/N-ethyl adjacent to an activating group) is 1. The van der Waals surface area contributed by atoms with Crippen LogP contribution in [0.1, 0.15) is 4.88 Å². The number of nitrogens with zero attached hydrogens (tertiary/aromatic N) is 1. The van der Waals surface area contributed by atoms with Crippen LogP contribution in [0.4, 0.5) is 10.1 Å². The smallest absolute Gasteiger partial charge is 0.123 e. The van der Waals surface area contributed by atoms with E-state index in [0.29, 0.717) is 0 Å². The predicted octanol–water partition coefficient (Wildman–Crippen LogP) is 3.77. The summed E-state index contributed by atoms with van der Waals surface area (Å²) in [6.07, 6.45) is 0. The summed E-state index contributed by atoms with van der Waals surface area (Å²) in [5, 5.41) is 3.36. The van der Waals surface area contributed by atoms with Gasteiger partial charge in [0.1, 0.15) is 5.82 Å². The zero-order valence-corrected chi connectivity index (χ0v) is 12.3. The highest BCUT2D eigenvalue weighted by Crippen LogP contribution is 2.20. The molecule has 0 unspecified atom stereocenters. The van der Waals surface area contributed by atoms with Crippen LogP contribution in [0, 0.1) is 5.82 Å². The summed E-state index contributed by atoms with van der Waals surface area (Å²) in [4.78, 5) is 3.32. The SMILES string of the molecule is CN(CCNCc1ccc(Cl)s1)c1ccc(F)cc1. The van der Waals surface area contributed by atoms with Gasteiger partial charge in [0.15, 0.2) is 0 Å². The molecule has 0 saturated carbocycles. The third-order valence-corrected chi connectivity index (χ3v) is 4.05. The largest absolute Gasteiger partial charge is 0.373 e. The van der Waals surface area contributed by atoms with E-state index in [1.165, 1.54) is 17.0 Å². The number of hydrogen-bond acceptors (Lipinski definition) is 3. The lowest BCUT2D eigenvalue weighted by Gasteiger charge is -2.19. The Morgan fingerprint density at radius 2 is 1.95 bits per heavy atom. The molecule has 102 valence electrons. The van der Waals surface area contributed by atoms with Crippen LogP contribution in [0.25, 0.3) is 0 Å². The molecule has 0 bridgehead atoms. The molecule has 2 aromatic rings. The molecule has 5 heteroatoms. The van der Waals surface area contributed by atoms with Gasteiger partial charge in [0.05, 0.1) is 4.34 Å². The summed E-state index contributed by atoms with van der Waals surface area (Å²) in [5.74, 6) is -0.204. The standard InChI is InChI=1S/C14H16ClFN2S/c1-18(12-4-2-11(16)3-5-12)9-8-17-10-13-6-7-14(15)19-13/h2-7,17H,8-10H2,1H3. The third kappa shape index (κ3) is 4.49. The fourth-order valence-corrected chi connectivity index (χ4v) is 2.79. The van der Waals surface area contributed by atoms with Gasteiger partial charge in [-0.25, -0.2) is 4.39 Å². The van der Waals surface area contributed by atoms with E-state index < -0.39 is 0 Å². The van der Waals surface area contributed by atoms with Crippen molar-refractivity contribution in [3.8, 4) is 0 Å². The third-order valence-electron chi connectivity index (χ3n) is 2.82. The molecule has 0 aliphatic carbocycles. The number of thiophene rings is 1. The lowest BCUT2D eigenvalue weighted by molar-refractivity contribution is 0.627. The first-order valence-electron chi connectivity index (χ1n) is 6.07. The topological polar surface area (TPSA) is 15.3 Å². The van der Waals surface area contributed by atoms with Gasteiger partial charge in [-0.1, -0.05) is 11.6 Å². The molecule has 0 aliphatic rings. The molecule has 0 fully saturated rings. The van der Waals surface area contributed by atoms with E-state index in [1.807, 2.05) is 19.2 Å². The van der Waals surface area contributed by atoms with Crippen LogP contribution in [-0.4, -0.2) is 20.1 Å². The second kappa shape index (κ2) is 6.89. The molecule has 0 amide bonds. The maximum atomic E-state index is 12.8. The first-order valence-corrected chi connectivity index (χ1v) is 7.26. The Morgan fingerprint density at radius 3 is 2.58 bits per heavy atom. The summed E-state index contributed by atoms with van der Waals surface area (Å²) in [7, 11) is 2.00. The Balaban J connectivity index is 1.72. The lowest BCUT2D eigenvalue weighted by Crippen LogP contribution is -2.28. The fraction of sp³-hybridized carbons (Fsp3) is 0.286. The Morgan fingerprint density at radius 1 is 1.21 bits per heavy atom. The minimum absolute atomic E-state index is 0.204. The van der Waals surface area contributed by atoms with Gasteiger partial charge in [-0.3, -0.25) is 0 Å². The van der Waals surface area contributed by atoms with E-state index in [0.717, 1.165) is 29.7 Å². The van der Waals surface area contributed by atoms with Crippen LogP contribution in [-0.2, 0) is 6.54 Å². The summed E-state index contributed by atoms with van der Waals surface area (Å²) in [6, 6.07) is 10.5. The number of benzene rings is 1. The molecule has 1 aromatic carbocycles. The van der Waals surface area contributed by atoms with Crippen molar-refractivity contribution < 1.29 is 4.39 Å². The van der Waals surface area contributed by atoms with Crippen molar-refractivity contribution in [3.05, 3.63) is 51.4 Å². The second-order valence-electron chi connectivity index (χ2n) is 4.28. The number of nitrogens with one attached hydrogen (secondary N) is 1. The summed E-state index contributed by atoms with van der Waals surface area (Å²) >= 11 is 7.46. The highest BCUT2D eigenvalue weighted by atomic mass is 35.5. The molecule has 2 nitrogen and oxygen atoms in total. The predicted molar refractivity (Wildman–Crippen MR) is 80.7 cm³/mol. The van der Waals surface area contributed by atoms with Crippen LogP contribution < -0.4 is 10.2 Å². The fourth-order valence-electron chi connectivity index (χ4n) is 1.73. The zero-order valence-electron chi connectivity index (χ0n) is 10.7.